The van der Waals surface area contributed by atoms with Crippen LogP contribution in [0.15, 0.2) is 0 Å². The van der Waals surface area contributed by atoms with E-state index in [9.17, 15) is 0 Å². The predicted molar refractivity (Wildman–Crippen MR) is 92.9 cm³/mol. The number of ether oxygens (including phenoxy) is 1. The number of nitrogens with one attached hydrogen (secondary N) is 2. The van der Waals surface area contributed by atoms with Crippen LogP contribution in [0.2, 0.25) is 10.4 Å². The van der Waals surface area contributed by atoms with Crippen molar-refractivity contribution in [2.45, 2.75) is 37.8 Å². The highest BCUT2D eigenvalue weighted by atomic mass is 35.5. The molecule has 1 aromatic heterocycles. The second kappa shape index (κ2) is 7.83. The molecule has 3 rings (SSSR count). The molecule has 0 aliphatic carbocycles. The van der Waals surface area contributed by atoms with Crippen molar-refractivity contribution in [1.82, 2.24) is 20.6 Å². The summed E-state index contributed by atoms with van der Waals surface area (Å²) >= 11 is 12.3. The molecule has 0 bridgehead atoms. The van der Waals surface area contributed by atoms with Gasteiger partial charge in [0.15, 0.2) is 16.7 Å². The van der Waals surface area contributed by atoms with Crippen molar-refractivity contribution in [3.05, 3.63) is 10.4 Å². The molecule has 0 radical (unpaired) electrons. The highest BCUT2D eigenvalue weighted by Gasteiger charge is 2.27. The molecule has 2 fully saturated rings. The molecular formula is C15H23Cl2N5O. The summed E-state index contributed by atoms with van der Waals surface area (Å²) in [5.41, 5.74) is 0. The van der Waals surface area contributed by atoms with E-state index in [2.05, 4.69) is 25.5 Å². The maximum Gasteiger partial charge on any atom is 0.226 e. The van der Waals surface area contributed by atoms with Crippen molar-refractivity contribution in [3.8, 4) is 5.75 Å². The van der Waals surface area contributed by atoms with Crippen LogP contribution in [-0.4, -0.2) is 55.3 Å². The first-order chi connectivity index (χ1) is 11.2. The van der Waals surface area contributed by atoms with Gasteiger partial charge in [0, 0.05) is 25.2 Å². The Hall–Kier alpha value is -0.820. The molecule has 0 amide bonds. The van der Waals surface area contributed by atoms with Gasteiger partial charge in [-0.15, -0.1) is 0 Å². The van der Waals surface area contributed by atoms with E-state index in [-0.39, 0.29) is 10.4 Å². The Morgan fingerprint density at radius 1 is 1.35 bits per heavy atom. The standard InChI is InChI=1S/C15H23Cl2N5O/c1-18-11-4-7-22(9-11)14-12(13(16)20-15(17)21-14)23-8-5-10-3-2-6-19-10/h10-11,18-19H,2-9H2,1H3/t10-,11+/m0/s1. The Balaban J connectivity index is 1.70. The molecule has 2 aliphatic heterocycles. The number of likely N-dealkylation sites (N-methyl/N-ethyl adjacent to an activating group) is 1. The average Bonchev–Trinajstić information content (AvgIpc) is 3.20. The van der Waals surface area contributed by atoms with Crippen LogP contribution in [0.1, 0.15) is 25.7 Å². The summed E-state index contributed by atoms with van der Waals surface area (Å²) < 4.78 is 5.95. The van der Waals surface area contributed by atoms with Gasteiger partial charge in [-0.3, -0.25) is 0 Å². The lowest BCUT2D eigenvalue weighted by atomic mass is 10.2. The Morgan fingerprint density at radius 2 is 2.22 bits per heavy atom. The summed E-state index contributed by atoms with van der Waals surface area (Å²) in [7, 11) is 1.97. The monoisotopic (exact) mass is 359 g/mol. The maximum absolute atomic E-state index is 6.26. The first-order valence-electron chi connectivity index (χ1n) is 8.19. The summed E-state index contributed by atoms with van der Waals surface area (Å²) in [6.45, 7) is 3.45. The van der Waals surface area contributed by atoms with Gasteiger partial charge in [0.2, 0.25) is 5.28 Å². The highest BCUT2D eigenvalue weighted by Crippen LogP contribution is 2.35. The molecule has 1 aromatic rings. The van der Waals surface area contributed by atoms with Crippen LogP contribution in [0.3, 0.4) is 0 Å². The fraction of sp³-hybridized carbons (Fsp3) is 0.733. The van der Waals surface area contributed by atoms with Crippen molar-refractivity contribution in [2.75, 3.05) is 38.2 Å². The van der Waals surface area contributed by atoms with Crippen LogP contribution in [0, 0.1) is 0 Å². The number of anilines is 1. The van der Waals surface area contributed by atoms with Crippen molar-refractivity contribution >= 4 is 29.0 Å². The zero-order chi connectivity index (χ0) is 16.2. The summed E-state index contributed by atoms with van der Waals surface area (Å²) in [6.07, 6.45) is 4.45. The minimum Gasteiger partial charge on any atom is -0.487 e. The van der Waals surface area contributed by atoms with Crippen LogP contribution < -0.4 is 20.3 Å². The first kappa shape index (κ1) is 17.0. The van der Waals surface area contributed by atoms with Crippen LogP contribution in [0.25, 0.3) is 0 Å². The molecule has 23 heavy (non-hydrogen) atoms. The van der Waals surface area contributed by atoms with E-state index in [1.54, 1.807) is 0 Å². The number of halogens is 2. The second-order valence-corrected chi connectivity index (χ2v) is 6.78. The molecule has 0 aromatic carbocycles. The number of hydrogen-bond donors (Lipinski definition) is 2. The fourth-order valence-corrected chi connectivity index (χ4v) is 3.65. The van der Waals surface area contributed by atoms with Crippen LogP contribution >= 0.6 is 23.2 Å². The maximum atomic E-state index is 6.26. The molecule has 128 valence electrons. The first-order valence-corrected chi connectivity index (χ1v) is 8.94. The Labute approximate surface area is 146 Å². The van der Waals surface area contributed by atoms with E-state index in [4.69, 9.17) is 27.9 Å². The van der Waals surface area contributed by atoms with E-state index in [0.717, 1.165) is 32.5 Å². The van der Waals surface area contributed by atoms with Gasteiger partial charge in [-0.25, -0.2) is 4.98 Å². The molecular weight excluding hydrogens is 337 g/mol. The Bertz CT molecular complexity index is 539. The van der Waals surface area contributed by atoms with Crippen LogP contribution in [0.5, 0.6) is 5.75 Å². The molecule has 6 nitrogen and oxygen atoms in total. The van der Waals surface area contributed by atoms with E-state index in [1.807, 2.05) is 7.05 Å². The fourth-order valence-electron chi connectivity index (χ4n) is 3.22. The average molecular weight is 360 g/mol. The molecule has 0 unspecified atom stereocenters. The zero-order valence-electron chi connectivity index (χ0n) is 13.3. The third-order valence-corrected chi connectivity index (χ3v) is 4.98. The minimum absolute atomic E-state index is 0.155. The molecule has 2 aliphatic rings. The van der Waals surface area contributed by atoms with Gasteiger partial charge in [-0.1, -0.05) is 11.6 Å². The minimum atomic E-state index is 0.155. The summed E-state index contributed by atoms with van der Waals surface area (Å²) in [5.74, 6) is 1.25. The quantitative estimate of drug-likeness (QED) is 0.599. The SMILES string of the molecule is CN[C@@H]1CCN(c2nc(Cl)nc(Cl)c2OCC[C@@H]2CCCN2)C1. The van der Waals surface area contributed by atoms with Crippen LogP contribution in [-0.2, 0) is 0 Å². The van der Waals surface area contributed by atoms with Crippen LogP contribution in [0.4, 0.5) is 5.82 Å². The molecule has 3 heterocycles. The van der Waals surface area contributed by atoms with Gasteiger partial charge in [0.25, 0.3) is 0 Å². The molecule has 2 saturated heterocycles. The second-order valence-electron chi connectivity index (χ2n) is 6.09. The molecule has 0 saturated carbocycles. The lowest BCUT2D eigenvalue weighted by molar-refractivity contribution is 0.291. The van der Waals surface area contributed by atoms with Crippen molar-refractivity contribution in [1.29, 1.82) is 0 Å². The molecule has 0 spiro atoms. The lowest BCUT2D eigenvalue weighted by Gasteiger charge is -2.21. The Morgan fingerprint density at radius 3 is 2.91 bits per heavy atom. The number of nitrogens with zero attached hydrogens (tertiary/aromatic N) is 3. The molecule has 8 heteroatoms. The van der Waals surface area contributed by atoms with Gasteiger partial charge in [0.1, 0.15) is 0 Å². The van der Waals surface area contributed by atoms with Gasteiger partial charge >= 0.3 is 0 Å². The summed E-state index contributed by atoms with van der Waals surface area (Å²) in [6, 6.07) is 0.976. The highest BCUT2D eigenvalue weighted by molar-refractivity contribution is 6.33. The summed E-state index contributed by atoms with van der Waals surface area (Å²) in [5, 5.41) is 7.20. The van der Waals surface area contributed by atoms with Gasteiger partial charge < -0.3 is 20.3 Å². The Kier molecular flexibility index (Phi) is 5.80. The third-order valence-electron chi connectivity index (χ3n) is 4.55. The topological polar surface area (TPSA) is 62.3 Å². The smallest absolute Gasteiger partial charge is 0.226 e. The largest absolute Gasteiger partial charge is 0.487 e. The van der Waals surface area contributed by atoms with Crippen molar-refractivity contribution in [2.24, 2.45) is 0 Å². The van der Waals surface area contributed by atoms with Gasteiger partial charge in [-0.2, -0.15) is 4.98 Å². The zero-order valence-corrected chi connectivity index (χ0v) is 14.8. The molecule has 2 N–H and O–H groups in total. The van der Waals surface area contributed by atoms with Gasteiger partial charge in [-0.05, 0) is 50.9 Å². The third kappa shape index (κ3) is 4.18. The number of hydrogen-bond acceptors (Lipinski definition) is 6. The van der Waals surface area contributed by atoms with E-state index in [0.29, 0.717) is 30.3 Å². The van der Waals surface area contributed by atoms with Crippen molar-refractivity contribution < 1.29 is 4.74 Å². The lowest BCUT2D eigenvalue weighted by Crippen LogP contribution is -2.30. The van der Waals surface area contributed by atoms with E-state index in [1.165, 1.54) is 12.8 Å². The van der Waals surface area contributed by atoms with Crippen molar-refractivity contribution in [3.63, 3.8) is 0 Å². The van der Waals surface area contributed by atoms with E-state index >= 15 is 0 Å². The predicted octanol–water partition coefficient (Wildman–Crippen LogP) is 2.10. The van der Waals surface area contributed by atoms with Gasteiger partial charge in [0.05, 0.1) is 6.61 Å². The molecule has 2 atom stereocenters. The number of aromatic nitrogens is 2. The number of rotatable bonds is 6. The normalized spacial score (nSPS) is 24.4. The van der Waals surface area contributed by atoms with E-state index < -0.39 is 0 Å². The summed E-state index contributed by atoms with van der Waals surface area (Å²) in [4.78, 5) is 10.6.